The number of rotatable bonds is 2. The van der Waals surface area contributed by atoms with Gasteiger partial charge in [0.25, 0.3) is 5.91 Å². The third kappa shape index (κ3) is 2.73. The molecule has 0 unspecified atom stereocenters. The molecule has 0 radical (unpaired) electrons. The molecule has 0 spiro atoms. The molecule has 26 heavy (non-hydrogen) atoms. The molecular weight excluding hydrogens is 336 g/mol. The van der Waals surface area contributed by atoms with Crippen molar-refractivity contribution in [3.8, 4) is 0 Å². The molecule has 1 saturated heterocycles. The number of amides is 1. The second-order valence-corrected chi connectivity index (χ2v) is 7.03. The zero-order valence-corrected chi connectivity index (χ0v) is 14.7. The van der Waals surface area contributed by atoms with Crippen molar-refractivity contribution in [3.63, 3.8) is 0 Å². The van der Waals surface area contributed by atoms with E-state index in [0.717, 1.165) is 13.0 Å². The highest BCUT2D eigenvalue weighted by atomic mass is 19.3. The number of para-hydroxylation sites is 1. The average Bonchev–Trinajstić information content (AvgIpc) is 2.84. The first-order chi connectivity index (χ1) is 12.5. The molecule has 4 rings (SSSR count). The molecule has 2 aliphatic rings. The molecular formula is C20H21F2N3O. The van der Waals surface area contributed by atoms with Crippen molar-refractivity contribution in [3.05, 3.63) is 59.4 Å². The van der Waals surface area contributed by atoms with Gasteiger partial charge < -0.3 is 9.80 Å². The normalized spacial score (nSPS) is 19.7. The number of hydrogen-bond acceptors (Lipinski definition) is 3. The lowest BCUT2D eigenvalue weighted by atomic mass is 10.1. The Labute approximate surface area is 151 Å². The largest absolute Gasteiger partial charge is 0.366 e. The highest BCUT2D eigenvalue weighted by molar-refractivity contribution is 5.85. The van der Waals surface area contributed by atoms with E-state index in [1.54, 1.807) is 19.1 Å². The van der Waals surface area contributed by atoms with Gasteiger partial charge in [-0.3, -0.25) is 9.78 Å². The smallest absolute Gasteiger partial charge is 0.366 e. The van der Waals surface area contributed by atoms with Crippen LogP contribution in [-0.2, 0) is 17.1 Å². The number of halogens is 2. The maximum absolute atomic E-state index is 14.9. The Morgan fingerprint density at radius 1 is 1.19 bits per heavy atom. The molecule has 136 valence electrons. The first-order valence-electron chi connectivity index (χ1n) is 8.92. The number of aryl methyl sites for hydroxylation is 1. The Morgan fingerprint density at radius 3 is 2.81 bits per heavy atom. The summed E-state index contributed by atoms with van der Waals surface area (Å²) < 4.78 is 29.7. The zero-order valence-electron chi connectivity index (χ0n) is 14.7. The SMILES string of the molecule is Cc1cccnc1C(F)(F)C(=O)N1CCCN2c3ccccc3C[C@H]2C1. The van der Waals surface area contributed by atoms with E-state index in [0.29, 0.717) is 25.1 Å². The lowest BCUT2D eigenvalue weighted by Gasteiger charge is -2.29. The van der Waals surface area contributed by atoms with Crippen LogP contribution in [0.3, 0.4) is 0 Å². The predicted octanol–water partition coefficient (Wildman–Crippen LogP) is 3.15. The maximum atomic E-state index is 14.9. The fourth-order valence-electron chi connectivity index (χ4n) is 4.07. The average molecular weight is 357 g/mol. The Bertz CT molecular complexity index is 839. The Kier molecular flexibility index (Phi) is 4.13. The molecule has 2 aliphatic heterocycles. The van der Waals surface area contributed by atoms with Crippen LogP contribution in [0.2, 0.25) is 0 Å². The van der Waals surface area contributed by atoms with Gasteiger partial charge in [0.2, 0.25) is 0 Å². The number of alkyl halides is 2. The van der Waals surface area contributed by atoms with Crippen molar-refractivity contribution in [2.45, 2.75) is 31.7 Å². The van der Waals surface area contributed by atoms with E-state index in [9.17, 15) is 13.6 Å². The third-order valence-electron chi connectivity index (χ3n) is 5.32. The van der Waals surface area contributed by atoms with Gasteiger partial charge in [-0.1, -0.05) is 24.3 Å². The number of pyridine rings is 1. The van der Waals surface area contributed by atoms with Gasteiger partial charge in [-0.2, -0.15) is 8.78 Å². The summed E-state index contributed by atoms with van der Waals surface area (Å²) in [5, 5.41) is 0. The van der Waals surface area contributed by atoms with Gasteiger partial charge in [0.05, 0.1) is 6.04 Å². The standard InChI is InChI=1S/C20H21F2N3O/c1-14-6-4-9-23-18(14)20(21,22)19(26)24-10-5-11-25-16(13-24)12-15-7-2-3-8-17(15)25/h2-4,6-9,16H,5,10-13H2,1H3/t16-/m0/s1. The van der Waals surface area contributed by atoms with E-state index in [-0.39, 0.29) is 6.04 Å². The molecule has 1 aromatic heterocycles. The highest BCUT2D eigenvalue weighted by Gasteiger charge is 2.47. The van der Waals surface area contributed by atoms with Crippen LogP contribution < -0.4 is 4.90 Å². The number of carbonyl (C=O) groups excluding carboxylic acids is 1. The van der Waals surface area contributed by atoms with Crippen molar-refractivity contribution in [1.82, 2.24) is 9.88 Å². The number of carbonyl (C=O) groups is 1. The predicted molar refractivity (Wildman–Crippen MR) is 95.3 cm³/mol. The highest BCUT2D eigenvalue weighted by Crippen LogP contribution is 2.36. The Morgan fingerprint density at radius 2 is 2.00 bits per heavy atom. The topological polar surface area (TPSA) is 36.4 Å². The van der Waals surface area contributed by atoms with Crippen LogP contribution in [0.15, 0.2) is 42.6 Å². The number of aromatic nitrogens is 1. The van der Waals surface area contributed by atoms with Gasteiger partial charge in [0, 0.05) is 31.5 Å². The first kappa shape index (κ1) is 16.9. The van der Waals surface area contributed by atoms with Gasteiger partial charge in [0.1, 0.15) is 5.69 Å². The van der Waals surface area contributed by atoms with E-state index < -0.39 is 17.5 Å². The lowest BCUT2D eigenvalue weighted by Crippen LogP contribution is -2.47. The van der Waals surface area contributed by atoms with E-state index in [2.05, 4.69) is 22.0 Å². The second-order valence-electron chi connectivity index (χ2n) is 7.03. The minimum Gasteiger partial charge on any atom is -0.366 e. The summed E-state index contributed by atoms with van der Waals surface area (Å²) in [6.07, 6.45) is 2.77. The van der Waals surface area contributed by atoms with Gasteiger partial charge in [-0.05, 0) is 43.0 Å². The molecule has 0 bridgehead atoms. The van der Waals surface area contributed by atoms with Gasteiger partial charge in [0.15, 0.2) is 0 Å². The number of hydrogen-bond donors (Lipinski definition) is 0. The molecule has 6 heteroatoms. The molecule has 0 N–H and O–H groups in total. The van der Waals surface area contributed by atoms with Crippen LogP contribution >= 0.6 is 0 Å². The molecule has 1 aromatic carbocycles. The second kappa shape index (κ2) is 6.34. The molecule has 4 nitrogen and oxygen atoms in total. The summed E-state index contributed by atoms with van der Waals surface area (Å²) in [5.41, 5.74) is 2.27. The lowest BCUT2D eigenvalue weighted by molar-refractivity contribution is -0.159. The van der Waals surface area contributed by atoms with E-state index in [4.69, 9.17) is 0 Å². The maximum Gasteiger partial charge on any atom is 0.366 e. The summed E-state index contributed by atoms with van der Waals surface area (Å²) in [6, 6.07) is 11.3. The van der Waals surface area contributed by atoms with Crippen molar-refractivity contribution in [1.29, 1.82) is 0 Å². The minimum absolute atomic E-state index is 0.0551. The van der Waals surface area contributed by atoms with Gasteiger partial charge >= 0.3 is 5.92 Å². The summed E-state index contributed by atoms with van der Waals surface area (Å²) in [7, 11) is 0. The van der Waals surface area contributed by atoms with Crippen LogP contribution in [0.25, 0.3) is 0 Å². The van der Waals surface area contributed by atoms with Crippen molar-refractivity contribution >= 4 is 11.6 Å². The van der Waals surface area contributed by atoms with Crippen LogP contribution in [0.5, 0.6) is 0 Å². The molecule has 1 amide bonds. The summed E-state index contributed by atoms with van der Waals surface area (Å²) in [6.45, 7) is 2.99. The van der Waals surface area contributed by atoms with E-state index >= 15 is 0 Å². The van der Waals surface area contributed by atoms with Gasteiger partial charge in [-0.15, -0.1) is 0 Å². The van der Waals surface area contributed by atoms with Gasteiger partial charge in [-0.25, -0.2) is 0 Å². The van der Waals surface area contributed by atoms with Crippen LogP contribution in [0.4, 0.5) is 14.5 Å². The number of benzene rings is 1. The fourth-order valence-corrected chi connectivity index (χ4v) is 4.07. The number of anilines is 1. The molecule has 1 fully saturated rings. The van der Waals surface area contributed by atoms with Crippen molar-refractivity contribution < 1.29 is 13.6 Å². The first-order valence-corrected chi connectivity index (χ1v) is 8.92. The summed E-state index contributed by atoms with van der Waals surface area (Å²) in [5.74, 6) is -4.75. The van der Waals surface area contributed by atoms with E-state index in [1.807, 2.05) is 12.1 Å². The monoisotopic (exact) mass is 357 g/mol. The Hall–Kier alpha value is -2.50. The molecule has 2 aromatic rings. The molecule has 0 aliphatic carbocycles. The summed E-state index contributed by atoms with van der Waals surface area (Å²) >= 11 is 0. The number of fused-ring (bicyclic) bond motifs is 3. The molecule has 1 atom stereocenters. The zero-order chi connectivity index (χ0) is 18.3. The van der Waals surface area contributed by atoms with Crippen LogP contribution in [-0.4, -0.2) is 41.5 Å². The van der Waals surface area contributed by atoms with E-state index in [1.165, 1.54) is 22.3 Å². The van der Waals surface area contributed by atoms with Crippen molar-refractivity contribution in [2.24, 2.45) is 0 Å². The number of nitrogens with zero attached hydrogens (tertiary/aromatic N) is 3. The Balaban J connectivity index is 1.58. The van der Waals surface area contributed by atoms with Crippen LogP contribution in [0.1, 0.15) is 23.2 Å². The molecule has 3 heterocycles. The minimum atomic E-state index is -3.61. The molecule has 0 saturated carbocycles. The van der Waals surface area contributed by atoms with Crippen molar-refractivity contribution in [2.75, 3.05) is 24.5 Å². The summed E-state index contributed by atoms with van der Waals surface area (Å²) in [4.78, 5) is 20.1. The third-order valence-corrected chi connectivity index (χ3v) is 5.32. The quantitative estimate of drug-likeness (QED) is 0.829. The van der Waals surface area contributed by atoms with Crippen LogP contribution in [0, 0.1) is 6.92 Å². The fraction of sp³-hybridized carbons (Fsp3) is 0.400.